The molecule has 1 heterocycles. The zero-order valence-electron chi connectivity index (χ0n) is 15.1. The van der Waals surface area contributed by atoms with E-state index >= 15 is 0 Å². The van der Waals surface area contributed by atoms with Crippen LogP contribution in [-0.4, -0.2) is 50.3 Å². The molecule has 1 saturated heterocycles. The summed E-state index contributed by atoms with van der Waals surface area (Å²) >= 11 is 5.67. The van der Waals surface area contributed by atoms with E-state index in [-0.39, 0.29) is 47.5 Å². The first-order chi connectivity index (χ1) is 12.6. The van der Waals surface area contributed by atoms with Gasteiger partial charge in [0.2, 0.25) is 15.9 Å². The first-order valence-electron chi connectivity index (χ1n) is 8.53. The fraction of sp³-hybridized carbons (Fsp3) is 0.529. The van der Waals surface area contributed by atoms with Gasteiger partial charge in [0.05, 0.1) is 16.0 Å². The Bertz CT molecular complexity index is 808. The van der Waals surface area contributed by atoms with Crippen molar-refractivity contribution >= 4 is 33.5 Å². The summed E-state index contributed by atoms with van der Waals surface area (Å²) in [5.41, 5.74) is 0. The van der Waals surface area contributed by atoms with Crippen molar-refractivity contribution in [2.75, 3.05) is 19.6 Å². The highest BCUT2D eigenvalue weighted by atomic mass is 35.5. The Morgan fingerprint density at radius 2 is 1.96 bits per heavy atom. The lowest BCUT2D eigenvalue weighted by atomic mass is 9.97. The first kappa shape index (κ1) is 21.6. The van der Waals surface area contributed by atoms with Crippen molar-refractivity contribution in [1.29, 1.82) is 0 Å². The van der Waals surface area contributed by atoms with Gasteiger partial charge in [-0.15, -0.1) is 0 Å². The van der Waals surface area contributed by atoms with Gasteiger partial charge in [-0.25, -0.2) is 12.8 Å². The fourth-order valence-corrected chi connectivity index (χ4v) is 4.49. The third-order valence-electron chi connectivity index (χ3n) is 4.13. The van der Waals surface area contributed by atoms with E-state index < -0.39 is 21.8 Å². The van der Waals surface area contributed by atoms with Crippen LogP contribution in [0.3, 0.4) is 0 Å². The first-order valence-corrected chi connectivity index (χ1v) is 10.4. The summed E-state index contributed by atoms with van der Waals surface area (Å²) in [7, 11) is -3.81. The zero-order valence-corrected chi connectivity index (χ0v) is 16.6. The minimum atomic E-state index is -3.81. The highest BCUT2D eigenvalue weighted by Crippen LogP contribution is 2.26. The Hall–Kier alpha value is -1.71. The lowest BCUT2D eigenvalue weighted by molar-refractivity contribution is -0.147. The average molecular weight is 421 g/mol. The molecule has 1 amide bonds. The number of benzene rings is 1. The molecule has 2 rings (SSSR count). The molecule has 1 aromatic carbocycles. The highest BCUT2D eigenvalue weighted by Gasteiger charge is 2.32. The maximum atomic E-state index is 13.3. The van der Waals surface area contributed by atoms with Crippen LogP contribution in [0.2, 0.25) is 5.02 Å². The molecule has 0 unspecified atom stereocenters. The van der Waals surface area contributed by atoms with Crippen molar-refractivity contribution < 1.29 is 27.1 Å². The van der Waals surface area contributed by atoms with E-state index in [2.05, 4.69) is 5.32 Å². The van der Waals surface area contributed by atoms with Crippen molar-refractivity contribution in [3.8, 4) is 0 Å². The number of nitrogens with one attached hydrogen (secondary N) is 1. The average Bonchev–Trinajstić information content (AvgIpc) is 2.61. The predicted molar refractivity (Wildman–Crippen MR) is 97.1 cm³/mol. The number of hydrogen-bond donors (Lipinski definition) is 1. The molecule has 0 bridgehead atoms. The lowest BCUT2D eigenvalue weighted by Gasteiger charge is -2.30. The molecule has 1 aliphatic rings. The quantitative estimate of drug-likeness (QED) is 0.710. The lowest BCUT2D eigenvalue weighted by Crippen LogP contribution is -2.44. The molecule has 1 aliphatic heterocycles. The molecule has 1 aromatic rings. The van der Waals surface area contributed by atoms with Gasteiger partial charge < -0.3 is 10.1 Å². The molecule has 0 aliphatic carbocycles. The van der Waals surface area contributed by atoms with Crippen LogP contribution in [0.15, 0.2) is 23.1 Å². The van der Waals surface area contributed by atoms with Crippen molar-refractivity contribution in [2.24, 2.45) is 5.92 Å². The molecular weight excluding hydrogens is 399 g/mol. The summed E-state index contributed by atoms with van der Waals surface area (Å²) in [6, 6.07) is 3.24. The van der Waals surface area contributed by atoms with Crippen LogP contribution in [0.25, 0.3) is 0 Å². The van der Waals surface area contributed by atoms with E-state index in [9.17, 15) is 22.4 Å². The van der Waals surface area contributed by atoms with Gasteiger partial charge in [-0.1, -0.05) is 11.6 Å². The molecular formula is C17H22ClFN2O5S. The van der Waals surface area contributed by atoms with Crippen LogP contribution >= 0.6 is 11.6 Å². The normalized spacial score (nSPS) is 16.3. The Kier molecular flexibility index (Phi) is 7.19. The third-order valence-corrected chi connectivity index (χ3v) is 6.31. The molecule has 10 heteroatoms. The smallest absolute Gasteiger partial charge is 0.325 e. The van der Waals surface area contributed by atoms with Crippen molar-refractivity contribution in [2.45, 2.75) is 37.7 Å². The summed E-state index contributed by atoms with van der Waals surface area (Å²) < 4.78 is 44.7. The van der Waals surface area contributed by atoms with E-state index in [0.29, 0.717) is 12.8 Å². The van der Waals surface area contributed by atoms with E-state index in [0.717, 1.165) is 18.2 Å². The van der Waals surface area contributed by atoms with Gasteiger partial charge in [-0.3, -0.25) is 9.59 Å². The molecule has 0 radical (unpaired) electrons. The largest absolute Gasteiger partial charge is 0.462 e. The van der Waals surface area contributed by atoms with Gasteiger partial charge >= 0.3 is 5.97 Å². The number of ether oxygens (including phenoxy) is 1. The number of carbonyl (C=O) groups excluding carboxylic acids is 2. The highest BCUT2D eigenvalue weighted by molar-refractivity contribution is 7.89. The summed E-state index contributed by atoms with van der Waals surface area (Å²) in [5.74, 6) is -1.91. The summed E-state index contributed by atoms with van der Waals surface area (Å²) in [6.07, 6.45) is 0.376. The molecule has 1 fully saturated rings. The van der Waals surface area contributed by atoms with E-state index in [1.54, 1.807) is 13.8 Å². The van der Waals surface area contributed by atoms with Gasteiger partial charge in [-0.2, -0.15) is 4.31 Å². The summed E-state index contributed by atoms with van der Waals surface area (Å²) in [4.78, 5) is 23.5. The van der Waals surface area contributed by atoms with Gasteiger partial charge in [0.15, 0.2) is 0 Å². The van der Waals surface area contributed by atoms with E-state index in [1.165, 1.54) is 4.31 Å². The number of nitrogens with zero attached hydrogens (tertiary/aromatic N) is 1. The number of amides is 1. The number of carbonyl (C=O) groups is 2. The van der Waals surface area contributed by atoms with Gasteiger partial charge in [0, 0.05) is 19.0 Å². The van der Waals surface area contributed by atoms with Crippen molar-refractivity contribution in [3.63, 3.8) is 0 Å². The maximum Gasteiger partial charge on any atom is 0.325 e. The number of piperidine rings is 1. The second kappa shape index (κ2) is 8.99. The molecule has 27 heavy (non-hydrogen) atoms. The van der Waals surface area contributed by atoms with Gasteiger partial charge in [-0.05, 0) is 44.9 Å². The van der Waals surface area contributed by atoms with Crippen LogP contribution in [0.4, 0.5) is 4.39 Å². The second-order valence-corrected chi connectivity index (χ2v) is 8.86. The van der Waals surface area contributed by atoms with Crippen LogP contribution in [-0.2, 0) is 24.3 Å². The molecule has 0 atom stereocenters. The number of sulfonamides is 1. The Morgan fingerprint density at radius 1 is 1.33 bits per heavy atom. The number of rotatable bonds is 6. The van der Waals surface area contributed by atoms with Crippen LogP contribution < -0.4 is 5.32 Å². The predicted octanol–water partition coefficient (Wildman–Crippen LogP) is 1.95. The minimum Gasteiger partial charge on any atom is -0.462 e. The molecule has 0 spiro atoms. The standard InChI is InChI=1S/C17H22ClFN2O5S/c1-11(2)26-16(22)10-20-17(23)12-5-7-21(8-6-12)27(24,25)13-3-4-15(19)14(18)9-13/h3-4,9,11-12H,5-8,10H2,1-2H3,(H,20,23). The molecule has 0 aromatic heterocycles. The van der Waals surface area contributed by atoms with Gasteiger partial charge in [0.25, 0.3) is 0 Å². The zero-order chi connectivity index (χ0) is 20.2. The van der Waals surface area contributed by atoms with Crippen LogP contribution in [0.5, 0.6) is 0 Å². The summed E-state index contributed by atoms with van der Waals surface area (Å²) in [5, 5.41) is 2.25. The van der Waals surface area contributed by atoms with E-state index in [4.69, 9.17) is 16.3 Å². The monoisotopic (exact) mass is 420 g/mol. The Labute approximate surface area is 162 Å². The maximum absolute atomic E-state index is 13.3. The van der Waals surface area contributed by atoms with Crippen molar-refractivity contribution in [1.82, 2.24) is 9.62 Å². The van der Waals surface area contributed by atoms with Gasteiger partial charge in [0.1, 0.15) is 12.4 Å². The number of halogens is 2. The Morgan fingerprint density at radius 3 is 2.52 bits per heavy atom. The fourth-order valence-electron chi connectivity index (χ4n) is 2.75. The molecule has 7 nitrogen and oxygen atoms in total. The number of esters is 1. The van der Waals surface area contributed by atoms with E-state index in [1.807, 2.05) is 0 Å². The summed E-state index contributed by atoms with van der Waals surface area (Å²) in [6.45, 7) is 3.50. The minimum absolute atomic E-state index is 0.0896. The molecule has 150 valence electrons. The van der Waals surface area contributed by atoms with Crippen molar-refractivity contribution in [3.05, 3.63) is 29.0 Å². The van der Waals surface area contributed by atoms with Crippen LogP contribution in [0.1, 0.15) is 26.7 Å². The third kappa shape index (κ3) is 5.63. The molecule has 0 saturated carbocycles. The Balaban J connectivity index is 1.91. The number of hydrogen-bond acceptors (Lipinski definition) is 5. The SMILES string of the molecule is CC(C)OC(=O)CNC(=O)C1CCN(S(=O)(=O)c2ccc(F)c(Cl)c2)CC1. The van der Waals surface area contributed by atoms with Crippen LogP contribution in [0, 0.1) is 11.7 Å². The second-order valence-electron chi connectivity index (χ2n) is 6.51. The topological polar surface area (TPSA) is 92.8 Å². The molecule has 1 N–H and O–H groups in total.